The fourth-order valence-corrected chi connectivity index (χ4v) is 3.47. The van der Waals surface area contributed by atoms with E-state index in [-0.39, 0.29) is 18.4 Å². The molecule has 1 N–H and O–H groups in total. The van der Waals surface area contributed by atoms with Crippen molar-refractivity contribution in [2.45, 2.75) is 44.1 Å². The fraction of sp³-hybridized carbons (Fsp3) is 0.647. The van der Waals surface area contributed by atoms with Crippen molar-refractivity contribution < 1.29 is 14.7 Å². The zero-order chi connectivity index (χ0) is 16.9. The van der Waals surface area contributed by atoms with E-state index in [9.17, 15) is 14.7 Å². The van der Waals surface area contributed by atoms with E-state index < -0.39 is 6.10 Å². The predicted molar refractivity (Wildman–Crippen MR) is 87.0 cm³/mol. The number of aliphatic hydroxyl groups excluding tert-OH is 1. The zero-order valence-corrected chi connectivity index (χ0v) is 13.8. The summed E-state index contributed by atoms with van der Waals surface area (Å²) in [5.74, 6) is 0.0222. The first-order chi connectivity index (χ1) is 11.6. The summed E-state index contributed by atoms with van der Waals surface area (Å²) in [6.45, 7) is 1.99. The highest BCUT2D eigenvalue weighted by molar-refractivity contribution is 5.87. The molecule has 0 bridgehead atoms. The quantitative estimate of drug-likeness (QED) is 0.874. The number of hydrogen-bond acceptors (Lipinski definition) is 5. The molecule has 2 aliphatic rings. The molecule has 0 aliphatic carbocycles. The van der Waals surface area contributed by atoms with Crippen LogP contribution in [-0.4, -0.2) is 69.0 Å². The van der Waals surface area contributed by atoms with Crippen molar-refractivity contribution in [2.75, 3.05) is 26.2 Å². The highest BCUT2D eigenvalue weighted by atomic mass is 16.3. The third-order valence-electron chi connectivity index (χ3n) is 4.95. The van der Waals surface area contributed by atoms with E-state index in [0.29, 0.717) is 32.0 Å². The monoisotopic (exact) mass is 332 g/mol. The molecule has 3 rings (SSSR count). The molecular weight excluding hydrogens is 308 g/mol. The number of nitrogens with zero attached hydrogens (tertiary/aromatic N) is 4. The largest absolute Gasteiger partial charge is 0.383 e. The minimum atomic E-state index is -0.955. The van der Waals surface area contributed by atoms with Crippen molar-refractivity contribution in [2.24, 2.45) is 0 Å². The van der Waals surface area contributed by atoms with Crippen molar-refractivity contribution in [1.29, 1.82) is 0 Å². The topological polar surface area (TPSA) is 86.6 Å². The number of aliphatic hydroxyl groups is 1. The predicted octanol–water partition coefficient (Wildman–Crippen LogP) is 0.556. The van der Waals surface area contributed by atoms with Crippen LogP contribution in [0, 0.1) is 0 Å². The Morgan fingerprint density at radius 3 is 2.71 bits per heavy atom. The first-order valence-corrected chi connectivity index (χ1v) is 8.65. The second kappa shape index (κ2) is 7.70. The molecule has 2 aliphatic heterocycles. The molecule has 1 atom stereocenters. The molecule has 2 saturated heterocycles. The van der Waals surface area contributed by atoms with Gasteiger partial charge in [0.2, 0.25) is 5.91 Å². The van der Waals surface area contributed by atoms with E-state index in [0.717, 1.165) is 31.4 Å². The van der Waals surface area contributed by atoms with Crippen molar-refractivity contribution >= 4 is 11.8 Å². The Hall–Kier alpha value is -2.02. The van der Waals surface area contributed by atoms with Crippen LogP contribution >= 0.6 is 0 Å². The molecule has 2 amide bonds. The Kier molecular flexibility index (Phi) is 5.40. The molecule has 0 aromatic carbocycles. The molecule has 1 aromatic heterocycles. The first-order valence-electron chi connectivity index (χ1n) is 8.65. The molecule has 1 aromatic rings. The smallest absolute Gasteiger partial charge is 0.251 e. The van der Waals surface area contributed by atoms with Gasteiger partial charge in [0.1, 0.15) is 12.4 Å². The van der Waals surface area contributed by atoms with Crippen molar-refractivity contribution in [1.82, 2.24) is 19.8 Å². The Morgan fingerprint density at radius 2 is 2.00 bits per heavy atom. The molecule has 7 nitrogen and oxygen atoms in total. The molecule has 0 saturated carbocycles. The maximum Gasteiger partial charge on any atom is 0.251 e. The number of amides is 2. The van der Waals surface area contributed by atoms with E-state index in [2.05, 4.69) is 9.97 Å². The zero-order valence-electron chi connectivity index (χ0n) is 13.8. The SMILES string of the molecule is O=C(CN1CCCCC(O)C1=O)N1CCC(c2ccncn2)CC1. The second-order valence-electron chi connectivity index (χ2n) is 6.56. The number of rotatable bonds is 3. The van der Waals surface area contributed by atoms with Gasteiger partial charge in [-0.15, -0.1) is 0 Å². The highest BCUT2D eigenvalue weighted by Crippen LogP contribution is 2.26. The maximum absolute atomic E-state index is 12.5. The van der Waals surface area contributed by atoms with Crippen molar-refractivity contribution in [3.8, 4) is 0 Å². The standard InChI is InChI=1S/C17H24N4O3/c22-15-3-1-2-8-21(17(15)24)11-16(23)20-9-5-13(6-10-20)14-4-7-18-12-19-14/h4,7,12-13,15,22H,1-3,5-6,8-11H2. The van der Waals surface area contributed by atoms with Crippen LogP contribution in [0.15, 0.2) is 18.6 Å². The lowest BCUT2D eigenvalue weighted by atomic mass is 9.93. The molecule has 0 spiro atoms. The number of carbonyl (C=O) groups is 2. The Bertz CT molecular complexity index is 572. The van der Waals surface area contributed by atoms with Gasteiger partial charge in [-0.3, -0.25) is 9.59 Å². The minimum absolute atomic E-state index is 0.0291. The Labute approximate surface area is 141 Å². The summed E-state index contributed by atoms with van der Waals surface area (Å²) in [5, 5.41) is 9.78. The van der Waals surface area contributed by atoms with Crippen LogP contribution < -0.4 is 0 Å². The minimum Gasteiger partial charge on any atom is -0.383 e. The summed E-state index contributed by atoms with van der Waals surface area (Å²) in [6, 6.07) is 1.93. The first kappa shape index (κ1) is 16.8. The summed E-state index contributed by atoms with van der Waals surface area (Å²) in [5.41, 5.74) is 1.03. The second-order valence-corrected chi connectivity index (χ2v) is 6.56. The average Bonchev–Trinajstić information content (AvgIpc) is 2.78. The van der Waals surface area contributed by atoms with E-state index in [4.69, 9.17) is 0 Å². The van der Waals surface area contributed by atoms with Crippen molar-refractivity contribution in [3.63, 3.8) is 0 Å². The molecule has 0 radical (unpaired) electrons. The maximum atomic E-state index is 12.5. The lowest BCUT2D eigenvalue weighted by molar-refractivity contribution is -0.145. The summed E-state index contributed by atoms with van der Waals surface area (Å²) in [7, 11) is 0. The average molecular weight is 332 g/mol. The Balaban J connectivity index is 1.52. The molecule has 130 valence electrons. The third-order valence-corrected chi connectivity index (χ3v) is 4.95. The number of carbonyl (C=O) groups excluding carboxylic acids is 2. The lowest BCUT2D eigenvalue weighted by Gasteiger charge is -2.33. The molecule has 3 heterocycles. The highest BCUT2D eigenvalue weighted by Gasteiger charge is 2.29. The van der Waals surface area contributed by atoms with Gasteiger partial charge in [-0.2, -0.15) is 0 Å². The van der Waals surface area contributed by atoms with Gasteiger partial charge in [0.15, 0.2) is 0 Å². The van der Waals surface area contributed by atoms with E-state index in [1.165, 1.54) is 4.90 Å². The number of piperidine rings is 1. The van der Waals surface area contributed by atoms with Crippen LogP contribution in [0.5, 0.6) is 0 Å². The van der Waals surface area contributed by atoms with Gasteiger partial charge < -0.3 is 14.9 Å². The van der Waals surface area contributed by atoms with Gasteiger partial charge >= 0.3 is 0 Å². The number of likely N-dealkylation sites (tertiary alicyclic amines) is 2. The molecule has 7 heteroatoms. The third kappa shape index (κ3) is 3.90. The fourth-order valence-electron chi connectivity index (χ4n) is 3.47. The summed E-state index contributed by atoms with van der Waals surface area (Å²) < 4.78 is 0. The Morgan fingerprint density at radius 1 is 1.21 bits per heavy atom. The van der Waals surface area contributed by atoms with Crippen LogP contribution in [0.4, 0.5) is 0 Å². The van der Waals surface area contributed by atoms with Gasteiger partial charge in [-0.1, -0.05) is 0 Å². The van der Waals surface area contributed by atoms with Crippen LogP contribution in [0.3, 0.4) is 0 Å². The molecule has 1 unspecified atom stereocenters. The van der Waals surface area contributed by atoms with Gasteiger partial charge in [0.05, 0.1) is 6.54 Å². The summed E-state index contributed by atoms with van der Waals surface area (Å²) in [4.78, 5) is 36.2. The van der Waals surface area contributed by atoms with Gasteiger partial charge in [0.25, 0.3) is 5.91 Å². The van der Waals surface area contributed by atoms with Gasteiger partial charge in [-0.25, -0.2) is 9.97 Å². The van der Waals surface area contributed by atoms with E-state index in [1.807, 2.05) is 11.0 Å². The van der Waals surface area contributed by atoms with Crippen molar-refractivity contribution in [3.05, 3.63) is 24.3 Å². The van der Waals surface area contributed by atoms with E-state index in [1.54, 1.807) is 12.5 Å². The summed E-state index contributed by atoms with van der Waals surface area (Å²) >= 11 is 0. The molecule has 24 heavy (non-hydrogen) atoms. The van der Waals surface area contributed by atoms with Gasteiger partial charge in [-0.05, 0) is 38.2 Å². The number of hydrogen-bond donors (Lipinski definition) is 1. The van der Waals surface area contributed by atoms with Gasteiger partial charge in [0, 0.05) is 37.4 Å². The molecule has 2 fully saturated rings. The van der Waals surface area contributed by atoms with E-state index >= 15 is 0 Å². The number of aromatic nitrogens is 2. The lowest BCUT2D eigenvalue weighted by Crippen LogP contribution is -2.47. The molecular formula is C17H24N4O3. The summed E-state index contributed by atoms with van der Waals surface area (Å²) in [6.07, 6.45) is 6.25. The van der Waals surface area contributed by atoms with Crippen LogP contribution in [-0.2, 0) is 9.59 Å². The van der Waals surface area contributed by atoms with Crippen LogP contribution in [0.1, 0.15) is 43.7 Å². The van der Waals surface area contributed by atoms with Crippen LogP contribution in [0.2, 0.25) is 0 Å². The van der Waals surface area contributed by atoms with Crippen LogP contribution in [0.25, 0.3) is 0 Å². The normalized spacial score (nSPS) is 23.2.